The molecule has 1 aromatic rings. The topological polar surface area (TPSA) is 41.1 Å². The van der Waals surface area contributed by atoms with E-state index in [2.05, 4.69) is 10.6 Å². The van der Waals surface area contributed by atoms with Gasteiger partial charge in [0.05, 0.1) is 11.6 Å². The molecular weight excluding hydrogens is 269 g/mol. The Morgan fingerprint density at radius 3 is 2.45 bits per heavy atom. The van der Waals surface area contributed by atoms with Crippen LogP contribution in [0.1, 0.15) is 26.3 Å². The number of benzene rings is 1. The standard InChI is InChI=1S/C14H19F3N2O/c1-9(2)8-18-10(3)13(20)19-12-6-4-5-11(7-12)14(15,16)17/h4-7,9-10,18H,8H2,1-3H3,(H,19,20). The van der Waals surface area contributed by atoms with Crippen LogP contribution in [0.25, 0.3) is 0 Å². The smallest absolute Gasteiger partial charge is 0.325 e. The highest BCUT2D eigenvalue weighted by Crippen LogP contribution is 2.30. The Bertz CT molecular complexity index is 458. The van der Waals surface area contributed by atoms with Crippen LogP contribution in [0.2, 0.25) is 0 Å². The molecule has 0 aliphatic rings. The predicted octanol–water partition coefficient (Wildman–Crippen LogP) is 3.28. The number of hydrogen-bond donors (Lipinski definition) is 2. The Morgan fingerprint density at radius 2 is 1.90 bits per heavy atom. The van der Waals surface area contributed by atoms with Crippen LogP contribution in [0.4, 0.5) is 18.9 Å². The molecule has 6 heteroatoms. The van der Waals surface area contributed by atoms with Gasteiger partial charge in [0.15, 0.2) is 0 Å². The van der Waals surface area contributed by atoms with E-state index in [4.69, 9.17) is 0 Å². The maximum atomic E-state index is 12.5. The summed E-state index contributed by atoms with van der Waals surface area (Å²) in [5, 5.41) is 5.49. The number of rotatable bonds is 5. The second-order valence-electron chi connectivity index (χ2n) is 5.09. The summed E-state index contributed by atoms with van der Waals surface area (Å²) in [5.41, 5.74) is -0.638. The molecule has 112 valence electrons. The molecule has 1 rings (SSSR count). The number of hydrogen-bond acceptors (Lipinski definition) is 2. The molecule has 0 saturated heterocycles. The fourth-order valence-electron chi connectivity index (χ4n) is 1.53. The van der Waals surface area contributed by atoms with Crippen LogP contribution in [0.3, 0.4) is 0 Å². The van der Waals surface area contributed by atoms with Crippen LogP contribution in [0.15, 0.2) is 24.3 Å². The van der Waals surface area contributed by atoms with Gasteiger partial charge in [-0.1, -0.05) is 19.9 Å². The molecule has 2 N–H and O–H groups in total. The highest BCUT2D eigenvalue weighted by Gasteiger charge is 2.30. The summed E-state index contributed by atoms with van der Waals surface area (Å²) >= 11 is 0. The van der Waals surface area contributed by atoms with Crippen molar-refractivity contribution >= 4 is 11.6 Å². The Labute approximate surface area is 116 Å². The molecular formula is C14H19F3N2O. The van der Waals surface area contributed by atoms with E-state index >= 15 is 0 Å². The summed E-state index contributed by atoms with van der Waals surface area (Å²) < 4.78 is 37.6. The Morgan fingerprint density at radius 1 is 1.25 bits per heavy atom. The number of carbonyl (C=O) groups excluding carboxylic acids is 1. The van der Waals surface area contributed by atoms with Gasteiger partial charge in [-0.15, -0.1) is 0 Å². The van der Waals surface area contributed by atoms with Crippen LogP contribution in [-0.4, -0.2) is 18.5 Å². The van der Waals surface area contributed by atoms with Crippen LogP contribution >= 0.6 is 0 Å². The number of alkyl halides is 3. The van der Waals surface area contributed by atoms with E-state index in [1.54, 1.807) is 6.92 Å². The minimum atomic E-state index is -4.41. The summed E-state index contributed by atoms with van der Waals surface area (Å²) in [7, 11) is 0. The first-order valence-corrected chi connectivity index (χ1v) is 6.41. The van der Waals surface area contributed by atoms with Gasteiger partial charge in [-0.2, -0.15) is 13.2 Å². The lowest BCUT2D eigenvalue weighted by molar-refractivity contribution is -0.137. The molecule has 0 spiro atoms. The van der Waals surface area contributed by atoms with Crippen LogP contribution in [0.5, 0.6) is 0 Å². The summed E-state index contributed by atoms with van der Waals surface area (Å²) in [5.74, 6) is 0.0313. The van der Waals surface area contributed by atoms with E-state index in [0.717, 1.165) is 12.1 Å². The van der Waals surface area contributed by atoms with Gasteiger partial charge < -0.3 is 10.6 Å². The van der Waals surface area contributed by atoms with Crippen molar-refractivity contribution in [2.45, 2.75) is 33.0 Å². The lowest BCUT2D eigenvalue weighted by Gasteiger charge is -2.16. The fraction of sp³-hybridized carbons (Fsp3) is 0.500. The lowest BCUT2D eigenvalue weighted by Crippen LogP contribution is -2.39. The highest BCUT2D eigenvalue weighted by atomic mass is 19.4. The zero-order chi connectivity index (χ0) is 15.3. The number of carbonyl (C=O) groups is 1. The van der Waals surface area contributed by atoms with Crippen molar-refractivity contribution in [3.8, 4) is 0 Å². The SMILES string of the molecule is CC(C)CNC(C)C(=O)Nc1cccc(C(F)(F)F)c1. The average molecular weight is 288 g/mol. The second-order valence-corrected chi connectivity index (χ2v) is 5.09. The summed E-state index contributed by atoms with van der Waals surface area (Å²) in [6.45, 7) is 6.34. The van der Waals surface area contributed by atoms with E-state index in [9.17, 15) is 18.0 Å². The molecule has 0 bridgehead atoms. The number of anilines is 1. The highest BCUT2D eigenvalue weighted by molar-refractivity contribution is 5.94. The second kappa shape index (κ2) is 6.74. The van der Waals surface area contributed by atoms with Gasteiger partial charge in [0, 0.05) is 5.69 Å². The number of amides is 1. The van der Waals surface area contributed by atoms with Gasteiger partial charge in [0.2, 0.25) is 5.91 Å². The van der Waals surface area contributed by atoms with Crippen molar-refractivity contribution in [1.29, 1.82) is 0 Å². The van der Waals surface area contributed by atoms with Gasteiger partial charge in [-0.05, 0) is 37.6 Å². The first-order chi connectivity index (χ1) is 9.20. The lowest BCUT2D eigenvalue weighted by atomic mass is 10.2. The molecule has 1 amide bonds. The molecule has 1 aromatic carbocycles. The van der Waals surface area contributed by atoms with Crippen molar-refractivity contribution < 1.29 is 18.0 Å². The van der Waals surface area contributed by atoms with E-state index in [0.29, 0.717) is 12.5 Å². The van der Waals surface area contributed by atoms with Crippen molar-refractivity contribution in [3.05, 3.63) is 29.8 Å². The third kappa shape index (κ3) is 5.21. The molecule has 3 nitrogen and oxygen atoms in total. The maximum absolute atomic E-state index is 12.5. The Balaban J connectivity index is 2.66. The first kappa shape index (κ1) is 16.5. The molecule has 0 aliphatic carbocycles. The quantitative estimate of drug-likeness (QED) is 0.873. The van der Waals surface area contributed by atoms with Gasteiger partial charge in [-0.25, -0.2) is 0 Å². The summed E-state index contributed by atoms with van der Waals surface area (Å²) in [6, 6.07) is 4.13. The molecule has 0 aliphatic heterocycles. The molecule has 1 atom stereocenters. The molecule has 20 heavy (non-hydrogen) atoms. The molecule has 0 heterocycles. The Hall–Kier alpha value is -1.56. The number of halogens is 3. The van der Waals surface area contributed by atoms with Crippen LogP contribution < -0.4 is 10.6 Å². The molecule has 0 radical (unpaired) electrons. The molecule has 0 fully saturated rings. The monoisotopic (exact) mass is 288 g/mol. The zero-order valence-electron chi connectivity index (χ0n) is 11.7. The zero-order valence-corrected chi connectivity index (χ0v) is 11.7. The minimum absolute atomic E-state index is 0.142. The van der Waals surface area contributed by atoms with E-state index in [1.165, 1.54) is 12.1 Å². The fourth-order valence-corrected chi connectivity index (χ4v) is 1.53. The first-order valence-electron chi connectivity index (χ1n) is 6.41. The third-order valence-electron chi connectivity index (χ3n) is 2.68. The van der Waals surface area contributed by atoms with E-state index in [-0.39, 0.29) is 11.6 Å². The maximum Gasteiger partial charge on any atom is 0.416 e. The van der Waals surface area contributed by atoms with Gasteiger partial charge in [0.1, 0.15) is 0 Å². The molecule has 0 aromatic heterocycles. The molecule has 1 unspecified atom stereocenters. The van der Waals surface area contributed by atoms with E-state index in [1.807, 2.05) is 13.8 Å². The van der Waals surface area contributed by atoms with Crippen molar-refractivity contribution in [2.75, 3.05) is 11.9 Å². The van der Waals surface area contributed by atoms with Gasteiger partial charge in [0.25, 0.3) is 0 Å². The minimum Gasteiger partial charge on any atom is -0.325 e. The molecule has 0 saturated carbocycles. The summed E-state index contributed by atoms with van der Waals surface area (Å²) in [6.07, 6.45) is -4.41. The normalized spacial score (nSPS) is 13.3. The van der Waals surface area contributed by atoms with Crippen LogP contribution in [0, 0.1) is 5.92 Å². The van der Waals surface area contributed by atoms with Crippen LogP contribution in [-0.2, 0) is 11.0 Å². The predicted molar refractivity (Wildman–Crippen MR) is 72.4 cm³/mol. The Kier molecular flexibility index (Phi) is 5.56. The van der Waals surface area contributed by atoms with Gasteiger partial charge in [-0.3, -0.25) is 4.79 Å². The third-order valence-corrected chi connectivity index (χ3v) is 2.68. The van der Waals surface area contributed by atoms with E-state index < -0.39 is 17.8 Å². The van der Waals surface area contributed by atoms with Crippen molar-refractivity contribution in [3.63, 3.8) is 0 Å². The number of nitrogens with one attached hydrogen (secondary N) is 2. The largest absolute Gasteiger partial charge is 0.416 e. The summed E-state index contributed by atoms with van der Waals surface area (Å²) in [4.78, 5) is 11.8. The van der Waals surface area contributed by atoms with Crippen molar-refractivity contribution in [1.82, 2.24) is 5.32 Å². The van der Waals surface area contributed by atoms with Crippen molar-refractivity contribution in [2.24, 2.45) is 5.92 Å². The average Bonchev–Trinajstić information content (AvgIpc) is 2.35. The van der Waals surface area contributed by atoms with Gasteiger partial charge >= 0.3 is 6.18 Å².